The van der Waals surface area contributed by atoms with Gasteiger partial charge in [0.15, 0.2) is 0 Å². The predicted molar refractivity (Wildman–Crippen MR) is 131 cm³/mol. The highest BCUT2D eigenvalue weighted by Gasteiger charge is 2.32. The molecule has 7 nitrogen and oxygen atoms in total. The van der Waals surface area contributed by atoms with E-state index in [1.807, 2.05) is 6.92 Å². The van der Waals surface area contributed by atoms with Crippen LogP contribution in [0, 0.1) is 11.7 Å². The van der Waals surface area contributed by atoms with E-state index in [2.05, 4.69) is 12.2 Å². The molecule has 0 aromatic heterocycles. The molecule has 2 heterocycles. The third kappa shape index (κ3) is 5.45. The number of benzene rings is 2. The van der Waals surface area contributed by atoms with Crippen molar-refractivity contribution in [1.29, 1.82) is 0 Å². The minimum Gasteiger partial charge on any atom is -0.324 e. The lowest BCUT2D eigenvalue weighted by molar-refractivity contribution is -0.121. The highest BCUT2D eigenvalue weighted by molar-refractivity contribution is 8.00. The summed E-state index contributed by atoms with van der Waals surface area (Å²) >= 11 is 1.48. The molecule has 0 unspecified atom stereocenters. The molecule has 4 rings (SSSR count). The summed E-state index contributed by atoms with van der Waals surface area (Å²) in [6, 6.07) is 10.3. The smallest absolute Gasteiger partial charge is 0.244 e. The summed E-state index contributed by atoms with van der Waals surface area (Å²) < 4.78 is 41.6. The molecule has 2 aromatic rings. The molecule has 0 spiro atoms. The van der Waals surface area contributed by atoms with Crippen molar-refractivity contribution in [2.45, 2.75) is 48.2 Å². The van der Waals surface area contributed by atoms with Crippen molar-refractivity contribution in [2.24, 2.45) is 5.92 Å². The van der Waals surface area contributed by atoms with Gasteiger partial charge in [-0.1, -0.05) is 19.9 Å². The summed E-state index contributed by atoms with van der Waals surface area (Å²) in [5.41, 5.74) is 0.686. The number of nitrogens with zero attached hydrogens (tertiary/aromatic N) is 2. The van der Waals surface area contributed by atoms with Crippen molar-refractivity contribution in [3.05, 3.63) is 48.3 Å². The van der Waals surface area contributed by atoms with E-state index in [0.717, 1.165) is 17.7 Å². The third-order valence-corrected chi connectivity index (χ3v) is 9.17. The second kappa shape index (κ2) is 10.1. The average Bonchev–Trinajstić information content (AvgIpc) is 2.89. The Balaban J connectivity index is 1.63. The minimum absolute atomic E-state index is 0.0337. The Morgan fingerprint density at radius 3 is 2.59 bits per heavy atom. The van der Waals surface area contributed by atoms with E-state index in [1.54, 1.807) is 18.2 Å². The fraction of sp³-hybridized carbons (Fsp3) is 0.417. The maximum absolute atomic E-state index is 13.5. The number of sulfonamides is 1. The number of nitrogens with one attached hydrogen (secondary N) is 1. The van der Waals surface area contributed by atoms with E-state index in [-0.39, 0.29) is 34.7 Å². The van der Waals surface area contributed by atoms with Gasteiger partial charge in [-0.3, -0.25) is 9.59 Å². The van der Waals surface area contributed by atoms with Gasteiger partial charge in [0.1, 0.15) is 12.4 Å². The van der Waals surface area contributed by atoms with Crippen LogP contribution >= 0.6 is 11.8 Å². The van der Waals surface area contributed by atoms with Gasteiger partial charge in [-0.25, -0.2) is 12.8 Å². The van der Waals surface area contributed by atoms with Gasteiger partial charge in [0.2, 0.25) is 21.8 Å². The van der Waals surface area contributed by atoms with Gasteiger partial charge < -0.3 is 10.2 Å². The van der Waals surface area contributed by atoms with Crippen LogP contribution in [0.25, 0.3) is 0 Å². The lowest BCUT2D eigenvalue weighted by atomic mass is 10.0. The van der Waals surface area contributed by atoms with Gasteiger partial charge in [0, 0.05) is 35.3 Å². The first-order valence-corrected chi connectivity index (χ1v) is 13.6. The first-order valence-electron chi connectivity index (χ1n) is 11.3. The van der Waals surface area contributed by atoms with Crippen molar-refractivity contribution in [2.75, 3.05) is 29.9 Å². The second-order valence-corrected chi connectivity index (χ2v) is 12.3. The molecule has 2 aliphatic heterocycles. The molecule has 0 saturated carbocycles. The number of hydrogen-bond acceptors (Lipinski definition) is 5. The average molecular weight is 506 g/mol. The third-order valence-electron chi connectivity index (χ3n) is 6.10. The van der Waals surface area contributed by atoms with Crippen LogP contribution in [0.5, 0.6) is 0 Å². The Kier molecular flexibility index (Phi) is 7.30. The molecular weight excluding hydrogens is 477 g/mol. The molecule has 2 aliphatic rings. The number of anilines is 2. The maximum atomic E-state index is 13.5. The largest absolute Gasteiger partial charge is 0.324 e. The molecule has 1 saturated heterocycles. The van der Waals surface area contributed by atoms with Gasteiger partial charge in [0.25, 0.3) is 0 Å². The van der Waals surface area contributed by atoms with Crippen molar-refractivity contribution >= 4 is 45.0 Å². The molecule has 0 aliphatic carbocycles. The normalized spacial score (nSPS) is 20.0. The Hall–Kier alpha value is -2.43. The SMILES string of the molecule is CC1CCN(S(=O)(=O)c2ccc3c(c2)N(CC(=O)Nc2cccc(F)c2)C(=O)C[C@@H](C)S3)CC1. The van der Waals surface area contributed by atoms with Gasteiger partial charge in [-0.2, -0.15) is 4.31 Å². The Labute approximate surface area is 203 Å². The molecule has 1 atom stereocenters. The van der Waals surface area contributed by atoms with E-state index in [0.29, 0.717) is 24.7 Å². The number of rotatable bonds is 5. The maximum Gasteiger partial charge on any atom is 0.244 e. The van der Waals surface area contributed by atoms with E-state index in [9.17, 15) is 22.4 Å². The van der Waals surface area contributed by atoms with Crippen molar-refractivity contribution < 1.29 is 22.4 Å². The quantitative estimate of drug-likeness (QED) is 0.661. The number of carbonyl (C=O) groups is 2. The summed E-state index contributed by atoms with van der Waals surface area (Å²) in [6.45, 7) is 4.65. The highest BCUT2D eigenvalue weighted by Crippen LogP contribution is 2.40. The first kappa shape index (κ1) is 24.7. The number of hydrogen-bond donors (Lipinski definition) is 1. The van der Waals surface area contributed by atoms with Crippen molar-refractivity contribution in [3.63, 3.8) is 0 Å². The van der Waals surface area contributed by atoms with Crippen molar-refractivity contribution in [1.82, 2.24) is 4.31 Å². The van der Waals surface area contributed by atoms with Gasteiger partial charge in [-0.15, -0.1) is 11.8 Å². The molecular formula is C24H28FN3O4S2. The molecule has 34 heavy (non-hydrogen) atoms. The summed E-state index contributed by atoms with van der Waals surface area (Å²) in [5, 5.41) is 2.57. The molecule has 1 fully saturated rings. The van der Waals surface area contributed by atoms with Crippen LogP contribution in [0.4, 0.5) is 15.8 Å². The summed E-state index contributed by atoms with van der Waals surface area (Å²) in [6.07, 6.45) is 1.82. The molecule has 182 valence electrons. The molecule has 1 N–H and O–H groups in total. The van der Waals surface area contributed by atoms with Crippen LogP contribution in [0.15, 0.2) is 52.3 Å². The zero-order valence-corrected chi connectivity index (χ0v) is 20.8. The fourth-order valence-corrected chi connectivity index (χ4v) is 6.76. The summed E-state index contributed by atoms with van der Waals surface area (Å²) in [5.74, 6) is -0.764. The van der Waals surface area contributed by atoms with E-state index < -0.39 is 21.7 Å². The van der Waals surface area contributed by atoms with Gasteiger partial charge >= 0.3 is 0 Å². The molecule has 0 radical (unpaired) electrons. The van der Waals surface area contributed by atoms with E-state index in [4.69, 9.17) is 0 Å². The number of piperidine rings is 1. The van der Waals surface area contributed by atoms with Crippen LogP contribution in [0.2, 0.25) is 0 Å². The van der Waals surface area contributed by atoms with Crippen LogP contribution in [0.1, 0.15) is 33.1 Å². The Bertz CT molecular complexity index is 1200. The van der Waals surface area contributed by atoms with Gasteiger partial charge in [-0.05, 0) is 55.2 Å². The van der Waals surface area contributed by atoms with Crippen LogP contribution in [-0.2, 0) is 19.6 Å². The van der Waals surface area contributed by atoms with Gasteiger partial charge in [0.05, 0.1) is 10.6 Å². The summed E-state index contributed by atoms with van der Waals surface area (Å²) in [4.78, 5) is 28.0. The number of carbonyl (C=O) groups excluding carboxylic acids is 2. The Morgan fingerprint density at radius 2 is 1.88 bits per heavy atom. The molecule has 10 heteroatoms. The van der Waals surface area contributed by atoms with Crippen LogP contribution < -0.4 is 10.2 Å². The van der Waals surface area contributed by atoms with Crippen molar-refractivity contribution in [3.8, 4) is 0 Å². The second-order valence-electron chi connectivity index (χ2n) is 8.89. The number of thioether (sulfide) groups is 1. The highest BCUT2D eigenvalue weighted by atomic mass is 32.2. The standard InChI is InChI=1S/C24H28FN3O4S2/c1-16-8-10-27(11-9-16)34(31,32)20-6-7-22-21(14-20)28(24(30)12-17(2)33-22)15-23(29)26-19-5-3-4-18(25)13-19/h3-7,13-14,16-17H,8-12,15H2,1-2H3,(H,26,29)/t17-/m1/s1. The topological polar surface area (TPSA) is 86.8 Å². The Morgan fingerprint density at radius 1 is 1.15 bits per heavy atom. The lowest BCUT2D eigenvalue weighted by Crippen LogP contribution is -2.39. The van der Waals surface area contributed by atoms with E-state index >= 15 is 0 Å². The first-order chi connectivity index (χ1) is 16.1. The molecule has 0 bridgehead atoms. The van der Waals surface area contributed by atoms with E-state index in [1.165, 1.54) is 45.2 Å². The monoisotopic (exact) mass is 505 g/mol. The zero-order chi connectivity index (χ0) is 24.5. The fourth-order valence-electron chi connectivity index (χ4n) is 4.18. The molecule has 2 amide bonds. The number of amides is 2. The predicted octanol–water partition coefficient (Wildman–Crippen LogP) is 4.10. The van der Waals surface area contributed by atoms with Crippen LogP contribution in [0.3, 0.4) is 0 Å². The zero-order valence-electron chi connectivity index (χ0n) is 19.2. The molecule has 2 aromatic carbocycles. The number of fused-ring (bicyclic) bond motifs is 1. The van der Waals surface area contributed by atoms with Crippen LogP contribution in [-0.4, -0.2) is 49.4 Å². The lowest BCUT2D eigenvalue weighted by Gasteiger charge is -2.30. The summed E-state index contributed by atoms with van der Waals surface area (Å²) in [7, 11) is -3.72. The minimum atomic E-state index is -3.72. The number of halogens is 1.